The van der Waals surface area contributed by atoms with Crippen molar-refractivity contribution in [3.8, 4) is 0 Å². The molecule has 116 valence electrons. The molecule has 0 spiro atoms. The normalized spacial score (nSPS) is 23.1. The first kappa shape index (κ1) is 15.8. The Balaban J connectivity index is 1.95. The van der Waals surface area contributed by atoms with E-state index in [4.69, 9.17) is 0 Å². The number of carbonyl (C=O) groups is 2. The second kappa shape index (κ2) is 6.05. The van der Waals surface area contributed by atoms with Crippen LogP contribution in [0.25, 0.3) is 0 Å². The number of hydrogen-bond acceptors (Lipinski definition) is 3. The summed E-state index contributed by atoms with van der Waals surface area (Å²) in [4.78, 5) is 28.4. The van der Waals surface area contributed by atoms with Crippen LogP contribution in [0.5, 0.6) is 0 Å². The van der Waals surface area contributed by atoms with Crippen molar-refractivity contribution in [3.05, 3.63) is 22.4 Å². The predicted molar refractivity (Wildman–Crippen MR) is 82.6 cm³/mol. The highest BCUT2D eigenvalue weighted by Gasteiger charge is 2.43. The van der Waals surface area contributed by atoms with Gasteiger partial charge in [0.2, 0.25) is 0 Å². The second-order valence-corrected chi connectivity index (χ2v) is 7.10. The molecule has 2 unspecified atom stereocenters. The minimum Gasteiger partial charge on any atom is -0.481 e. The largest absolute Gasteiger partial charge is 0.481 e. The number of likely N-dealkylation sites (tertiary alicyclic amines) is 1. The Labute approximate surface area is 129 Å². The smallest absolute Gasteiger partial charge is 0.320 e. The molecule has 0 radical (unpaired) electrons. The summed E-state index contributed by atoms with van der Waals surface area (Å²) >= 11 is 1.69. The van der Waals surface area contributed by atoms with Crippen molar-refractivity contribution < 1.29 is 14.7 Å². The van der Waals surface area contributed by atoms with E-state index in [1.807, 2.05) is 18.4 Å². The summed E-state index contributed by atoms with van der Waals surface area (Å²) < 4.78 is 0. The molecule has 1 aromatic rings. The molecule has 1 aliphatic rings. The summed E-state index contributed by atoms with van der Waals surface area (Å²) in [6.07, 6.45) is 1.34. The van der Waals surface area contributed by atoms with Gasteiger partial charge in [0.05, 0.1) is 5.41 Å². The van der Waals surface area contributed by atoms with Gasteiger partial charge in [0.25, 0.3) is 0 Å². The lowest BCUT2D eigenvalue weighted by molar-refractivity contribution is -0.147. The van der Waals surface area contributed by atoms with E-state index >= 15 is 0 Å². The lowest BCUT2D eigenvalue weighted by atomic mass is 9.90. The van der Waals surface area contributed by atoms with E-state index in [1.165, 1.54) is 4.88 Å². The third-order valence-electron chi connectivity index (χ3n) is 4.30. The van der Waals surface area contributed by atoms with Crippen molar-refractivity contribution in [1.29, 1.82) is 0 Å². The first-order valence-corrected chi connectivity index (χ1v) is 7.99. The lowest BCUT2D eigenvalue weighted by Crippen LogP contribution is -2.46. The summed E-state index contributed by atoms with van der Waals surface area (Å²) in [5.41, 5.74) is -0.812. The molecule has 21 heavy (non-hydrogen) atoms. The van der Waals surface area contributed by atoms with Gasteiger partial charge in [-0.1, -0.05) is 6.07 Å². The van der Waals surface area contributed by atoms with Gasteiger partial charge in [-0.05, 0) is 31.7 Å². The number of carbonyl (C=O) groups excluding carboxylic acids is 1. The Morgan fingerprint density at radius 2 is 2.29 bits per heavy atom. The van der Waals surface area contributed by atoms with Crippen molar-refractivity contribution in [1.82, 2.24) is 9.80 Å². The van der Waals surface area contributed by atoms with Crippen LogP contribution in [-0.2, 0) is 11.2 Å². The summed E-state index contributed by atoms with van der Waals surface area (Å²) in [5.74, 6) is -0.827. The van der Waals surface area contributed by atoms with E-state index in [2.05, 4.69) is 6.07 Å². The summed E-state index contributed by atoms with van der Waals surface area (Å²) in [6, 6.07) is 4.08. The number of thiophene rings is 1. The Hall–Kier alpha value is -1.56. The molecule has 0 saturated carbocycles. The van der Waals surface area contributed by atoms with Crippen LogP contribution >= 0.6 is 11.3 Å². The van der Waals surface area contributed by atoms with Crippen molar-refractivity contribution >= 4 is 23.3 Å². The number of carboxylic acids is 1. The fourth-order valence-electron chi connectivity index (χ4n) is 2.57. The number of carboxylic acid groups (broad SMARTS) is 1. The number of hydrogen-bond donors (Lipinski definition) is 1. The topological polar surface area (TPSA) is 60.9 Å². The number of nitrogens with zero attached hydrogens (tertiary/aromatic N) is 2. The first-order chi connectivity index (χ1) is 9.83. The molecule has 0 aliphatic carbocycles. The van der Waals surface area contributed by atoms with E-state index in [1.54, 1.807) is 35.1 Å². The number of amides is 2. The Morgan fingerprint density at radius 1 is 1.57 bits per heavy atom. The molecule has 1 saturated heterocycles. The fraction of sp³-hybridized carbons (Fsp3) is 0.600. The Morgan fingerprint density at radius 3 is 2.81 bits per heavy atom. The van der Waals surface area contributed by atoms with Gasteiger partial charge in [0.1, 0.15) is 0 Å². The Bertz CT molecular complexity index is 517. The second-order valence-electron chi connectivity index (χ2n) is 6.06. The van der Waals surface area contributed by atoms with E-state index < -0.39 is 11.4 Å². The van der Waals surface area contributed by atoms with Gasteiger partial charge in [0, 0.05) is 37.5 Å². The molecule has 1 aromatic heterocycles. The number of rotatable bonds is 4. The molecule has 2 rings (SSSR count). The van der Waals surface area contributed by atoms with Gasteiger partial charge >= 0.3 is 12.0 Å². The molecule has 0 bridgehead atoms. The molecule has 2 atom stereocenters. The zero-order chi connectivity index (χ0) is 15.6. The van der Waals surface area contributed by atoms with Crippen molar-refractivity contribution in [3.63, 3.8) is 0 Å². The van der Waals surface area contributed by atoms with Crippen LogP contribution in [0.2, 0.25) is 0 Å². The molecule has 0 aromatic carbocycles. The van der Waals surface area contributed by atoms with E-state index in [-0.39, 0.29) is 18.6 Å². The standard InChI is InChI=1S/C15H22N2O3S/c1-11(9-12-5-4-8-21-12)16(3)14(20)17-7-6-15(2,10-17)13(18)19/h4-5,8,11H,6-7,9-10H2,1-3H3,(H,18,19). The number of aliphatic carboxylic acids is 1. The Kier molecular flexibility index (Phi) is 4.56. The van der Waals surface area contributed by atoms with Gasteiger partial charge in [-0.15, -0.1) is 11.3 Å². The van der Waals surface area contributed by atoms with E-state index in [0.717, 1.165) is 6.42 Å². The molecule has 2 amide bonds. The molecule has 1 aliphatic heterocycles. The highest BCUT2D eigenvalue weighted by atomic mass is 32.1. The highest BCUT2D eigenvalue weighted by Crippen LogP contribution is 2.30. The maximum atomic E-state index is 12.5. The average Bonchev–Trinajstić information content (AvgIpc) is 3.07. The maximum Gasteiger partial charge on any atom is 0.320 e. The predicted octanol–water partition coefficient (Wildman–Crippen LogP) is 2.53. The van der Waals surface area contributed by atoms with E-state index in [0.29, 0.717) is 13.0 Å². The van der Waals surface area contributed by atoms with E-state index in [9.17, 15) is 14.7 Å². The molecule has 2 heterocycles. The third-order valence-corrected chi connectivity index (χ3v) is 5.20. The molecule has 1 N–H and O–H groups in total. The van der Waals surface area contributed by atoms with Crippen LogP contribution in [0.1, 0.15) is 25.1 Å². The van der Waals surface area contributed by atoms with Gasteiger partial charge in [-0.25, -0.2) is 4.79 Å². The van der Waals surface area contributed by atoms with Crippen LogP contribution in [0.3, 0.4) is 0 Å². The quantitative estimate of drug-likeness (QED) is 0.929. The van der Waals surface area contributed by atoms with Crippen molar-refractivity contribution in [2.75, 3.05) is 20.1 Å². The minimum atomic E-state index is -0.827. The van der Waals surface area contributed by atoms with Crippen LogP contribution in [0, 0.1) is 5.41 Å². The first-order valence-electron chi connectivity index (χ1n) is 7.11. The van der Waals surface area contributed by atoms with Crippen LogP contribution in [0.4, 0.5) is 4.79 Å². The van der Waals surface area contributed by atoms with Gasteiger partial charge in [-0.3, -0.25) is 4.79 Å². The fourth-order valence-corrected chi connectivity index (χ4v) is 3.39. The number of urea groups is 1. The van der Waals surface area contributed by atoms with Crippen LogP contribution < -0.4 is 0 Å². The van der Waals surface area contributed by atoms with Gasteiger partial charge in [0.15, 0.2) is 0 Å². The lowest BCUT2D eigenvalue weighted by Gasteiger charge is -2.30. The summed E-state index contributed by atoms with van der Waals surface area (Å²) in [7, 11) is 1.79. The summed E-state index contributed by atoms with van der Waals surface area (Å²) in [5, 5.41) is 11.3. The molecular weight excluding hydrogens is 288 g/mol. The average molecular weight is 310 g/mol. The van der Waals surface area contributed by atoms with Gasteiger partial charge < -0.3 is 14.9 Å². The molecule has 5 nitrogen and oxygen atoms in total. The molecule has 6 heteroatoms. The third kappa shape index (κ3) is 3.37. The minimum absolute atomic E-state index is 0.0796. The highest BCUT2D eigenvalue weighted by molar-refractivity contribution is 7.09. The van der Waals surface area contributed by atoms with Gasteiger partial charge in [-0.2, -0.15) is 0 Å². The SMILES string of the molecule is CC(Cc1cccs1)N(C)C(=O)N1CCC(C)(C(=O)O)C1. The van der Waals surface area contributed by atoms with Crippen molar-refractivity contribution in [2.45, 2.75) is 32.7 Å². The summed E-state index contributed by atoms with van der Waals surface area (Å²) in [6.45, 7) is 4.52. The zero-order valence-corrected chi connectivity index (χ0v) is 13.5. The van der Waals surface area contributed by atoms with Crippen molar-refractivity contribution in [2.24, 2.45) is 5.41 Å². The van der Waals surface area contributed by atoms with Crippen LogP contribution in [-0.4, -0.2) is 53.1 Å². The molecular formula is C15H22N2O3S. The number of likely N-dealkylation sites (N-methyl/N-ethyl adjacent to an activating group) is 1. The van der Waals surface area contributed by atoms with Crippen LogP contribution in [0.15, 0.2) is 17.5 Å². The molecule has 1 fully saturated rings. The zero-order valence-electron chi connectivity index (χ0n) is 12.7. The maximum absolute atomic E-state index is 12.5. The monoisotopic (exact) mass is 310 g/mol.